The Bertz CT molecular complexity index is 796. The number of benzene rings is 1. The molecule has 0 bridgehead atoms. The van der Waals surface area contributed by atoms with Gasteiger partial charge in [0.25, 0.3) is 0 Å². The van der Waals surface area contributed by atoms with Crippen LogP contribution >= 0.6 is 11.3 Å². The van der Waals surface area contributed by atoms with Gasteiger partial charge in [-0.05, 0) is 41.0 Å². The quantitative estimate of drug-likeness (QED) is 0.778. The van der Waals surface area contributed by atoms with Gasteiger partial charge in [-0.25, -0.2) is 4.79 Å². The Morgan fingerprint density at radius 3 is 2.70 bits per heavy atom. The molecule has 2 N–H and O–H groups in total. The zero-order valence-corrected chi connectivity index (χ0v) is 16.9. The highest BCUT2D eigenvalue weighted by molar-refractivity contribution is 7.10. The van der Waals surface area contributed by atoms with Crippen molar-refractivity contribution < 1.29 is 9.59 Å². The highest BCUT2D eigenvalue weighted by Crippen LogP contribution is 2.35. The number of anilines is 1. The minimum absolute atomic E-state index is 0.0668. The van der Waals surface area contributed by atoms with Crippen LogP contribution in [0.2, 0.25) is 0 Å². The van der Waals surface area contributed by atoms with Gasteiger partial charge in [0.2, 0.25) is 5.91 Å². The van der Waals surface area contributed by atoms with Crippen LogP contribution in [-0.4, -0.2) is 23.4 Å². The van der Waals surface area contributed by atoms with Gasteiger partial charge in [-0.15, -0.1) is 11.3 Å². The molecular formula is C21H27N3O2S. The number of hydrogen-bond acceptors (Lipinski definition) is 3. The molecule has 3 amide bonds. The van der Waals surface area contributed by atoms with Gasteiger partial charge in [-0.1, -0.05) is 39.0 Å². The summed E-state index contributed by atoms with van der Waals surface area (Å²) in [5, 5.41) is 8.06. The lowest BCUT2D eigenvalue weighted by Crippen LogP contribution is -2.38. The number of carbonyl (C=O) groups is 2. The number of amides is 3. The molecule has 0 aliphatic carbocycles. The fourth-order valence-corrected chi connectivity index (χ4v) is 4.33. The molecule has 3 rings (SSSR count). The zero-order valence-electron chi connectivity index (χ0n) is 16.1. The van der Waals surface area contributed by atoms with E-state index in [2.05, 4.69) is 37.5 Å². The molecule has 5 nitrogen and oxygen atoms in total. The predicted molar refractivity (Wildman–Crippen MR) is 110 cm³/mol. The van der Waals surface area contributed by atoms with Crippen LogP contribution in [0.15, 0.2) is 41.8 Å². The van der Waals surface area contributed by atoms with Gasteiger partial charge in [-0.3, -0.25) is 4.79 Å². The number of hydrogen-bond donors (Lipinski definition) is 2. The lowest BCUT2D eigenvalue weighted by Gasteiger charge is -2.30. The van der Waals surface area contributed by atoms with Gasteiger partial charge >= 0.3 is 6.03 Å². The second kappa shape index (κ2) is 8.13. The Balaban J connectivity index is 1.65. The van der Waals surface area contributed by atoms with E-state index in [1.54, 1.807) is 11.3 Å². The van der Waals surface area contributed by atoms with Gasteiger partial charge < -0.3 is 15.5 Å². The van der Waals surface area contributed by atoms with Crippen molar-refractivity contribution in [3.8, 4) is 0 Å². The fraction of sp³-hybridized carbons (Fsp3) is 0.429. The van der Waals surface area contributed by atoms with Crippen LogP contribution in [-0.2, 0) is 11.3 Å². The summed E-state index contributed by atoms with van der Waals surface area (Å²) in [5.74, 6) is 0.204. The van der Waals surface area contributed by atoms with Crippen LogP contribution < -0.4 is 10.6 Å². The first-order valence-electron chi connectivity index (χ1n) is 9.30. The normalized spacial score (nSPS) is 15.7. The van der Waals surface area contributed by atoms with Crippen LogP contribution in [0.3, 0.4) is 0 Å². The fourth-order valence-electron chi connectivity index (χ4n) is 3.31. The molecule has 6 heteroatoms. The maximum Gasteiger partial charge on any atom is 0.319 e. The molecule has 0 saturated carbocycles. The van der Waals surface area contributed by atoms with Crippen LogP contribution in [0.4, 0.5) is 10.5 Å². The first-order chi connectivity index (χ1) is 12.8. The average molecular weight is 386 g/mol. The summed E-state index contributed by atoms with van der Waals surface area (Å²) in [6, 6.07) is 11.5. The molecule has 0 spiro atoms. The Hall–Kier alpha value is -2.34. The summed E-state index contributed by atoms with van der Waals surface area (Å²) >= 11 is 1.65. The van der Waals surface area contributed by atoms with E-state index in [4.69, 9.17) is 0 Å². The minimum Gasteiger partial charge on any atom is -0.338 e. The second-order valence-electron chi connectivity index (χ2n) is 8.03. The first kappa shape index (κ1) is 19.4. The van der Waals surface area contributed by atoms with Crippen molar-refractivity contribution in [3.63, 3.8) is 0 Å². The van der Waals surface area contributed by atoms with Crippen molar-refractivity contribution >= 4 is 29.0 Å². The summed E-state index contributed by atoms with van der Waals surface area (Å²) in [5.41, 5.74) is 1.66. The van der Waals surface area contributed by atoms with Crippen molar-refractivity contribution in [2.45, 2.75) is 46.2 Å². The molecule has 1 atom stereocenters. The van der Waals surface area contributed by atoms with Crippen LogP contribution in [0.5, 0.6) is 0 Å². The maximum absolute atomic E-state index is 12.6. The van der Waals surface area contributed by atoms with Gasteiger partial charge in [0.1, 0.15) is 0 Å². The minimum atomic E-state index is -0.224. The Labute approximate surface area is 164 Å². The highest BCUT2D eigenvalue weighted by Gasteiger charge is 2.28. The molecule has 2 aromatic rings. The molecular weight excluding hydrogens is 358 g/mol. The predicted octanol–water partition coefficient (Wildman–Crippen LogP) is 4.78. The number of rotatable bonds is 5. The van der Waals surface area contributed by atoms with Gasteiger partial charge in [0.05, 0.1) is 6.04 Å². The molecule has 1 aromatic heterocycles. The zero-order chi connectivity index (χ0) is 19.4. The third-order valence-corrected chi connectivity index (χ3v) is 5.64. The molecule has 1 unspecified atom stereocenters. The lowest BCUT2D eigenvalue weighted by atomic mass is 9.86. The topological polar surface area (TPSA) is 61.4 Å². The van der Waals surface area contributed by atoms with Crippen molar-refractivity contribution in [3.05, 3.63) is 52.2 Å². The monoisotopic (exact) mass is 385 g/mol. The van der Waals surface area contributed by atoms with E-state index in [1.807, 2.05) is 40.6 Å². The third kappa shape index (κ3) is 5.10. The SMILES string of the molecule is CC(C)(C)C(NC(=O)Nc1cccc(CN2CCCC2=O)c1)c1cccs1. The molecule has 1 saturated heterocycles. The van der Waals surface area contributed by atoms with E-state index in [-0.39, 0.29) is 23.4 Å². The summed E-state index contributed by atoms with van der Waals surface area (Å²) in [6.07, 6.45) is 1.56. The van der Waals surface area contributed by atoms with E-state index in [9.17, 15) is 9.59 Å². The average Bonchev–Trinajstić information content (AvgIpc) is 3.24. The summed E-state index contributed by atoms with van der Waals surface area (Å²) in [6.45, 7) is 7.75. The Morgan fingerprint density at radius 2 is 2.07 bits per heavy atom. The van der Waals surface area contributed by atoms with Crippen LogP contribution in [0.1, 0.15) is 50.1 Å². The summed E-state index contributed by atoms with van der Waals surface area (Å²) in [7, 11) is 0. The van der Waals surface area contributed by atoms with Crippen molar-refractivity contribution in [1.82, 2.24) is 10.2 Å². The number of carbonyl (C=O) groups excluding carboxylic acids is 2. The molecule has 2 heterocycles. The lowest BCUT2D eigenvalue weighted by molar-refractivity contribution is -0.128. The summed E-state index contributed by atoms with van der Waals surface area (Å²) in [4.78, 5) is 27.4. The van der Waals surface area contributed by atoms with E-state index >= 15 is 0 Å². The van der Waals surface area contributed by atoms with Crippen LogP contribution in [0.25, 0.3) is 0 Å². The second-order valence-corrected chi connectivity index (χ2v) is 9.01. The van der Waals surface area contributed by atoms with Gasteiger partial charge in [0, 0.05) is 30.1 Å². The van der Waals surface area contributed by atoms with E-state index in [1.165, 1.54) is 0 Å². The first-order valence-corrected chi connectivity index (χ1v) is 10.2. The Kier molecular flexibility index (Phi) is 5.85. The number of urea groups is 1. The smallest absolute Gasteiger partial charge is 0.319 e. The molecule has 1 aliphatic heterocycles. The van der Waals surface area contributed by atoms with Crippen molar-refractivity contribution in [2.75, 3.05) is 11.9 Å². The highest BCUT2D eigenvalue weighted by atomic mass is 32.1. The van der Waals surface area contributed by atoms with Gasteiger partial charge in [0.15, 0.2) is 0 Å². The van der Waals surface area contributed by atoms with Crippen LogP contribution in [0, 0.1) is 5.41 Å². The van der Waals surface area contributed by atoms with E-state index in [0.717, 1.165) is 29.1 Å². The largest absolute Gasteiger partial charge is 0.338 e. The molecule has 1 fully saturated rings. The maximum atomic E-state index is 12.6. The number of thiophene rings is 1. The number of nitrogens with one attached hydrogen (secondary N) is 2. The van der Waals surface area contributed by atoms with Gasteiger partial charge in [-0.2, -0.15) is 0 Å². The Morgan fingerprint density at radius 1 is 1.26 bits per heavy atom. The molecule has 27 heavy (non-hydrogen) atoms. The van der Waals surface area contributed by atoms with Crippen molar-refractivity contribution in [1.29, 1.82) is 0 Å². The number of likely N-dealkylation sites (tertiary alicyclic amines) is 1. The molecule has 0 radical (unpaired) electrons. The summed E-state index contributed by atoms with van der Waals surface area (Å²) < 4.78 is 0. The molecule has 1 aromatic carbocycles. The van der Waals surface area contributed by atoms with E-state index < -0.39 is 0 Å². The van der Waals surface area contributed by atoms with Crippen molar-refractivity contribution in [2.24, 2.45) is 5.41 Å². The van der Waals surface area contributed by atoms with E-state index in [0.29, 0.717) is 13.0 Å². The standard InChI is InChI=1S/C21H27N3O2S/c1-21(2,3)19(17-9-6-12-27-17)23-20(26)22-16-8-4-7-15(13-16)14-24-11-5-10-18(24)25/h4,6-9,12-13,19H,5,10-11,14H2,1-3H3,(H2,22,23,26). The third-order valence-electron chi connectivity index (χ3n) is 4.70. The molecule has 1 aliphatic rings. The molecule has 144 valence electrons. The number of nitrogens with zero attached hydrogens (tertiary/aromatic N) is 1.